The molecule has 1 aromatic rings. The van der Waals surface area contributed by atoms with Crippen LogP contribution in [-0.2, 0) is 21.2 Å². The predicted octanol–water partition coefficient (Wildman–Crippen LogP) is 3.44. The number of carbonyl (C=O) groups excluding carboxylic acids is 1. The lowest BCUT2D eigenvalue weighted by molar-refractivity contribution is -0.127. The maximum atomic E-state index is 12.9. The fourth-order valence-electron chi connectivity index (χ4n) is 3.45. The number of sulfone groups is 1. The summed E-state index contributed by atoms with van der Waals surface area (Å²) in [6, 6.07) is 6.91. The SMILES string of the molecule is O=C(C1=CC(C(F)(F)F)=NC1)N(CCC1CCS(=O)(=O)C1)Cc1ccccc1Cl. The molecule has 5 nitrogen and oxygen atoms in total. The molecule has 10 heteroatoms. The summed E-state index contributed by atoms with van der Waals surface area (Å²) in [6.45, 7) is 0.0180. The third-order valence-corrected chi connectivity index (χ3v) is 7.24. The lowest BCUT2D eigenvalue weighted by Crippen LogP contribution is -2.34. The van der Waals surface area contributed by atoms with Gasteiger partial charge in [-0.15, -0.1) is 0 Å². The Balaban J connectivity index is 1.75. The van der Waals surface area contributed by atoms with Crippen LogP contribution in [-0.4, -0.2) is 55.7 Å². The standard InChI is InChI=1S/C19H20ClF3N2O3S/c20-16-4-2-1-3-14(16)11-25(7-5-13-6-8-29(27,28)12-13)18(26)15-9-17(24-10-15)19(21,22)23/h1-4,9,13H,5-8,10-12H2. The van der Waals surface area contributed by atoms with Crippen molar-refractivity contribution in [3.8, 4) is 0 Å². The van der Waals surface area contributed by atoms with Crippen LogP contribution in [0.25, 0.3) is 0 Å². The Labute approximate surface area is 172 Å². The molecule has 2 aliphatic heterocycles. The highest BCUT2D eigenvalue weighted by molar-refractivity contribution is 7.91. The molecule has 29 heavy (non-hydrogen) atoms. The van der Waals surface area contributed by atoms with Crippen molar-refractivity contribution in [1.29, 1.82) is 0 Å². The molecule has 0 N–H and O–H groups in total. The molecule has 0 saturated carbocycles. The first-order valence-corrected chi connectivity index (χ1v) is 11.3. The number of rotatable bonds is 6. The summed E-state index contributed by atoms with van der Waals surface area (Å²) in [5, 5.41) is 0.446. The van der Waals surface area contributed by atoms with Gasteiger partial charge >= 0.3 is 6.18 Å². The first-order valence-electron chi connectivity index (χ1n) is 9.10. The molecule has 0 bridgehead atoms. The largest absolute Gasteiger partial charge is 0.432 e. The van der Waals surface area contributed by atoms with E-state index in [9.17, 15) is 26.4 Å². The number of carbonyl (C=O) groups is 1. The van der Waals surface area contributed by atoms with Crippen LogP contribution in [0.5, 0.6) is 0 Å². The van der Waals surface area contributed by atoms with Gasteiger partial charge in [-0.1, -0.05) is 29.8 Å². The molecular weight excluding hydrogens is 429 g/mol. The molecular formula is C19H20ClF3N2O3S. The Morgan fingerprint density at radius 2 is 2.00 bits per heavy atom. The van der Waals surface area contributed by atoms with Crippen molar-refractivity contribution in [2.24, 2.45) is 10.9 Å². The number of hydrogen-bond donors (Lipinski definition) is 0. The van der Waals surface area contributed by atoms with Gasteiger partial charge in [0.25, 0.3) is 5.91 Å². The fourth-order valence-corrected chi connectivity index (χ4v) is 5.56. The highest BCUT2D eigenvalue weighted by Gasteiger charge is 2.38. The van der Waals surface area contributed by atoms with Gasteiger partial charge in [0.1, 0.15) is 5.71 Å². The van der Waals surface area contributed by atoms with Gasteiger partial charge < -0.3 is 4.90 Å². The third-order valence-electron chi connectivity index (χ3n) is 5.04. The smallest absolute Gasteiger partial charge is 0.334 e. The summed E-state index contributed by atoms with van der Waals surface area (Å²) in [5.41, 5.74) is -0.444. The van der Waals surface area contributed by atoms with Crippen LogP contribution in [0.15, 0.2) is 40.9 Å². The van der Waals surface area contributed by atoms with Crippen molar-refractivity contribution < 1.29 is 26.4 Å². The highest BCUT2D eigenvalue weighted by Crippen LogP contribution is 2.26. The number of aliphatic imine (C=N–C) groups is 1. The summed E-state index contributed by atoms with van der Waals surface area (Å²) < 4.78 is 61.9. The van der Waals surface area contributed by atoms with Gasteiger partial charge in [-0.25, -0.2) is 8.42 Å². The lowest BCUT2D eigenvalue weighted by atomic mass is 10.0. The van der Waals surface area contributed by atoms with E-state index in [2.05, 4.69) is 4.99 Å². The summed E-state index contributed by atoms with van der Waals surface area (Å²) in [5.74, 6) is -0.412. The van der Waals surface area contributed by atoms with Crippen LogP contribution in [0.3, 0.4) is 0 Å². The minimum Gasteiger partial charge on any atom is -0.334 e. The van der Waals surface area contributed by atoms with Gasteiger partial charge in [-0.05, 0) is 36.5 Å². The minimum atomic E-state index is -4.60. The normalized spacial score (nSPS) is 21.0. The molecule has 0 radical (unpaired) electrons. The second-order valence-corrected chi connectivity index (χ2v) is 9.88. The van der Waals surface area contributed by atoms with Crippen LogP contribution in [0, 0.1) is 5.92 Å². The van der Waals surface area contributed by atoms with Crippen molar-refractivity contribution in [3.63, 3.8) is 0 Å². The summed E-state index contributed by atoms with van der Waals surface area (Å²) in [6.07, 6.45) is -2.84. The van der Waals surface area contributed by atoms with Gasteiger partial charge in [0.15, 0.2) is 9.84 Å². The summed E-state index contributed by atoms with van der Waals surface area (Å²) >= 11 is 6.18. The molecule has 0 spiro atoms. The maximum absolute atomic E-state index is 12.9. The van der Waals surface area contributed by atoms with Crippen LogP contribution >= 0.6 is 11.6 Å². The van der Waals surface area contributed by atoms with Crippen molar-refractivity contribution in [1.82, 2.24) is 4.90 Å². The van der Waals surface area contributed by atoms with E-state index in [4.69, 9.17) is 11.6 Å². The van der Waals surface area contributed by atoms with Crippen LogP contribution < -0.4 is 0 Å². The highest BCUT2D eigenvalue weighted by atomic mass is 35.5. The van der Waals surface area contributed by atoms with E-state index in [1.807, 2.05) is 0 Å². The topological polar surface area (TPSA) is 66.8 Å². The van der Waals surface area contributed by atoms with Gasteiger partial charge in [0.05, 0.1) is 18.1 Å². The zero-order valence-electron chi connectivity index (χ0n) is 15.5. The molecule has 3 rings (SSSR count). The number of allylic oxidation sites excluding steroid dienone is 1. The number of nitrogens with zero attached hydrogens (tertiary/aromatic N) is 2. The average Bonchev–Trinajstić information content (AvgIpc) is 3.26. The molecule has 1 aromatic carbocycles. The minimum absolute atomic E-state index is 0.0385. The second kappa shape index (κ2) is 8.47. The van der Waals surface area contributed by atoms with E-state index in [-0.39, 0.29) is 42.6 Å². The molecule has 1 unspecified atom stereocenters. The van der Waals surface area contributed by atoms with E-state index in [0.717, 1.165) is 6.08 Å². The zero-order chi connectivity index (χ0) is 21.2. The predicted molar refractivity (Wildman–Crippen MR) is 105 cm³/mol. The Bertz CT molecular complexity index is 958. The van der Waals surface area contributed by atoms with Crippen molar-refractivity contribution >= 4 is 33.1 Å². The van der Waals surface area contributed by atoms with E-state index < -0.39 is 27.6 Å². The quantitative estimate of drug-likeness (QED) is 0.669. The summed E-state index contributed by atoms with van der Waals surface area (Å²) in [4.78, 5) is 17.8. The van der Waals surface area contributed by atoms with Gasteiger partial charge in [-0.3, -0.25) is 9.79 Å². The van der Waals surface area contributed by atoms with E-state index in [1.165, 1.54) is 4.90 Å². The van der Waals surface area contributed by atoms with Crippen molar-refractivity contribution in [2.45, 2.75) is 25.6 Å². The molecule has 2 heterocycles. The van der Waals surface area contributed by atoms with Crippen LogP contribution in [0.1, 0.15) is 18.4 Å². The second-order valence-electron chi connectivity index (χ2n) is 7.24. The summed E-state index contributed by atoms with van der Waals surface area (Å²) in [7, 11) is -3.05. The van der Waals surface area contributed by atoms with Crippen molar-refractivity contribution in [3.05, 3.63) is 46.5 Å². The van der Waals surface area contributed by atoms with Gasteiger partial charge in [0, 0.05) is 23.7 Å². The van der Waals surface area contributed by atoms with E-state index in [0.29, 0.717) is 23.4 Å². The van der Waals surface area contributed by atoms with Crippen LogP contribution in [0.2, 0.25) is 5.02 Å². The number of benzene rings is 1. The van der Waals surface area contributed by atoms with E-state index in [1.54, 1.807) is 24.3 Å². The molecule has 1 fully saturated rings. The van der Waals surface area contributed by atoms with Gasteiger partial charge in [0.2, 0.25) is 0 Å². The molecule has 0 aliphatic carbocycles. The number of amides is 1. The Morgan fingerprint density at radius 3 is 2.59 bits per heavy atom. The van der Waals surface area contributed by atoms with Crippen molar-refractivity contribution in [2.75, 3.05) is 24.6 Å². The maximum Gasteiger partial charge on any atom is 0.432 e. The molecule has 1 amide bonds. The number of halogens is 4. The van der Waals surface area contributed by atoms with E-state index >= 15 is 0 Å². The Morgan fingerprint density at radius 1 is 1.28 bits per heavy atom. The third kappa shape index (κ3) is 5.60. The first kappa shape index (κ1) is 21.8. The number of hydrogen-bond acceptors (Lipinski definition) is 4. The van der Waals surface area contributed by atoms with Gasteiger partial charge in [-0.2, -0.15) is 13.2 Å². The fraction of sp³-hybridized carbons (Fsp3) is 0.474. The molecule has 1 atom stereocenters. The number of alkyl halides is 3. The average molecular weight is 449 g/mol. The first-order chi connectivity index (χ1) is 13.5. The monoisotopic (exact) mass is 448 g/mol. The molecule has 1 saturated heterocycles. The van der Waals surface area contributed by atoms with Crippen LogP contribution in [0.4, 0.5) is 13.2 Å². The molecule has 2 aliphatic rings. The molecule has 158 valence electrons. The zero-order valence-corrected chi connectivity index (χ0v) is 17.0. The Kier molecular flexibility index (Phi) is 6.38. The molecule has 0 aromatic heterocycles. The lowest BCUT2D eigenvalue weighted by Gasteiger charge is -2.25. The Hall–Kier alpha value is -1.87.